The van der Waals surface area contributed by atoms with Crippen LogP contribution in [-0.4, -0.2) is 54.4 Å². The largest absolute Gasteiger partial charge is 0.394 e. The maximum atomic E-state index is 10.1. The number of rotatable bonds is 5. The van der Waals surface area contributed by atoms with E-state index < -0.39 is 28.6 Å². The second kappa shape index (κ2) is 5.20. The zero-order chi connectivity index (χ0) is 9.61. The van der Waals surface area contributed by atoms with E-state index in [1.54, 1.807) is 0 Å². The van der Waals surface area contributed by atoms with Crippen molar-refractivity contribution in [2.45, 2.75) is 6.10 Å². The second-order valence-electron chi connectivity index (χ2n) is 2.13. The summed E-state index contributed by atoms with van der Waals surface area (Å²) >= 11 is 0. The lowest BCUT2D eigenvalue weighted by Crippen LogP contribution is -2.16. The van der Waals surface area contributed by atoms with Gasteiger partial charge in [0.1, 0.15) is 5.75 Å². The zero-order valence-electron chi connectivity index (χ0n) is 6.29. The summed E-state index contributed by atoms with van der Waals surface area (Å²) in [6.07, 6.45) is -0.0172. The number of aliphatic imine (C=N–C) groups is 1. The van der Waals surface area contributed by atoms with Crippen molar-refractivity contribution in [3.8, 4) is 0 Å². The van der Waals surface area contributed by atoms with Crippen LogP contribution < -0.4 is 0 Å². The maximum absolute atomic E-state index is 10.1. The predicted molar refractivity (Wildman–Crippen MR) is 42.9 cm³/mol. The highest BCUT2D eigenvalue weighted by Crippen LogP contribution is 1.82. The third kappa shape index (κ3) is 7.61. The van der Waals surface area contributed by atoms with Crippen LogP contribution in [0.1, 0.15) is 0 Å². The third-order valence-electron chi connectivity index (χ3n) is 0.941. The standard InChI is InChI=1S/C5H11NO5S/c7-4-5(8)3-6-1-2-12(9,10)11/h1,5,7-8H,2-4H2,(H,9,10,11). The highest BCUT2D eigenvalue weighted by molar-refractivity contribution is 7.86. The van der Waals surface area contributed by atoms with Crippen LogP contribution in [0.5, 0.6) is 0 Å². The molecule has 0 radical (unpaired) electrons. The average Bonchev–Trinajstić information content (AvgIpc) is 1.96. The van der Waals surface area contributed by atoms with Crippen molar-refractivity contribution in [1.82, 2.24) is 0 Å². The van der Waals surface area contributed by atoms with Crippen LogP contribution in [0.3, 0.4) is 0 Å². The van der Waals surface area contributed by atoms with Crippen LogP contribution in [0.4, 0.5) is 0 Å². The second-order valence-corrected chi connectivity index (χ2v) is 3.63. The van der Waals surface area contributed by atoms with Gasteiger partial charge in [0.2, 0.25) is 0 Å². The topological polar surface area (TPSA) is 107 Å². The molecule has 0 bridgehead atoms. The highest BCUT2D eigenvalue weighted by Gasteiger charge is 2.01. The first-order valence-corrected chi connectivity index (χ1v) is 4.79. The van der Waals surface area contributed by atoms with E-state index in [1.807, 2.05) is 0 Å². The molecule has 0 aromatic heterocycles. The quantitative estimate of drug-likeness (QED) is 0.359. The molecule has 0 aromatic carbocycles. The van der Waals surface area contributed by atoms with Crippen molar-refractivity contribution in [2.75, 3.05) is 18.9 Å². The highest BCUT2D eigenvalue weighted by atomic mass is 32.2. The molecule has 6 nitrogen and oxygen atoms in total. The Labute approximate surface area is 70.3 Å². The van der Waals surface area contributed by atoms with Crippen molar-refractivity contribution >= 4 is 16.3 Å². The molecule has 0 spiro atoms. The number of aliphatic hydroxyl groups is 2. The summed E-state index contributed by atoms with van der Waals surface area (Å²) in [4.78, 5) is 3.45. The smallest absolute Gasteiger partial charge is 0.270 e. The molecular weight excluding hydrogens is 186 g/mol. The molecule has 0 heterocycles. The minimum Gasteiger partial charge on any atom is -0.394 e. The SMILES string of the molecule is O=S(=O)(O)CC=NCC(O)CO. The van der Waals surface area contributed by atoms with Crippen molar-refractivity contribution < 1.29 is 23.2 Å². The van der Waals surface area contributed by atoms with Gasteiger partial charge in [-0.15, -0.1) is 0 Å². The molecule has 0 saturated heterocycles. The van der Waals surface area contributed by atoms with Gasteiger partial charge >= 0.3 is 0 Å². The van der Waals surface area contributed by atoms with Gasteiger partial charge in [-0.25, -0.2) is 0 Å². The van der Waals surface area contributed by atoms with Crippen molar-refractivity contribution in [1.29, 1.82) is 0 Å². The number of hydrogen-bond acceptors (Lipinski definition) is 5. The van der Waals surface area contributed by atoms with E-state index in [2.05, 4.69) is 4.99 Å². The molecule has 0 rings (SSSR count). The Hall–Kier alpha value is -0.500. The Morgan fingerprint density at radius 1 is 1.50 bits per heavy atom. The lowest BCUT2D eigenvalue weighted by atomic mass is 10.4. The Morgan fingerprint density at radius 3 is 2.50 bits per heavy atom. The Balaban J connectivity index is 3.65. The van der Waals surface area contributed by atoms with Gasteiger partial charge in [0.25, 0.3) is 10.1 Å². The Bertz CT molecular complexity index is 234. The van der Waals surface area contributed by atoms with Crippen LogP contribution in [-0.2, 0) is 10.1 Å². The van der Waals surface area contributed by atoms with Gasteiger partial charge in [-0.1, -0.05) is 0 Å². The van der Waals surface area contributed by atoms with Gasteiger partial charge in [-0.2, -0.15) is 8.42 Å². The van der Waals surface area contributed by atoms with Crippen molar-refractivity contribution in [3.05, 3.63) is 0 Å². The number of hydrogen-bond donors (Lipinski definition) is 3. The molecule has 72 valence electrons. The summed E-state index contributed by atoms with van der Waals surface area (Å²) < 4.78 is 28.4. The summed E-state index contributed by atoms with van der Waals surface area (Å²) in [6.45, 7) is -0.505. The van der Waals surface area contributed by atoms with Gasteiger partial charge in [0.15, 0.2) is 0 Å². The van der Waals surface area contributed by atoms with E-state index in [1.165, 1.54) is 0 Å². The molecule has 3 N–H and O–H groups in total. The lowest BCUT2D eigenvalue weighted by molar-refractivity contribution is 0.102. The van der Waals surface area contributed by atoms with Crippen LogP contribution in [0, 0.1) is 0 Å². The molecule has 12 heavy (non-hydrogen) atoms. The molecule has 0 fully saturated rings. The van der Waals surface area contributed by atoms with E-state index in [4.69, 9.17) is 14.8 Å². The van der Waals surface area contributed by atoms with E-state index >= 15 is 0 Å². The minimum atomic E-state index is -4.02. The fourth-order valence-electron chi connectivity index (χ4n) is 0.401. The normalized spacial score (nSPS) is 15.2. The molecule has 1 unspecified atom stereocenters. The fraction of sp³-hybridized carbons (Fsp3) is 0.800. The maximum Gasteiger partial charge on any atom is 0.270 e. The van der Waals surface area contributed by atoms with Crippen molar-refractivity contribution in [3.63, 3.8) is 0 Å². The van der Waals surface area contributed by atoms with Crippen LogP contribution in [0.25, 0.3) is 0 Å². The summed E-state index contributed by atoms with van der Waals surface area (Å²) in [7, 11) is -4.02. The first-order chi connectivity index (χ1) is 5.45. The van der Waals surface area contributed by atoms with E-state index in [-0.39, 0.29) is 6.54 Å². The molecule has 0 aliphatic rings. The fourth-order valence-corrected chi connectivity index (χ4v) is 0.695. The lowest BCUT2D eigenvalue weighted by Gasteiger charge is -2.00. The third-order valence-corrected chi connectivity index (χ3v) is 1.51. The Kier molecular flexibility index (Phi) is 4.98. The van der Waals surface area contributed by atoms with E-state index in [0.717, 1.165) is 6.21 Å². The molecule has 0 aliphatic carbocycles. The average molecular weight is 197 g/mol. The molecule has 0 aromatic rings. The first kappa shape index (κ1) is 11.5. The minimum absolute atomic E-state index is 0.0774. The van der Waals surface area contributed by atoms with Crippen LogP contribution >= 0.6 is 0 Å². The van der Waals surface area contributed by atoms with Gasteiger partial charge in [-0.3, -0.25) is 9.55 Å². The number of nitrogens with zero attached hydrogens (tertiary/aromatic N) is 1. The summed E-state index contributed by atoms with van der Waals surface area (Å²) in [6, 6.07) is 0. The van der Waals surface area contributed by atoms with Gasteiger partial charge in [-0.05, 0) is 0 Å². The molecule has 0 aliphatic heterocycles. The summed E-state index contributed by atoms with van der Waals surface area (Å²) in [5, 5.41) is 17.0. The van der Waals surface area contributed by atoms with Gasteiger partial charge < -0.3 is 10.2 Å². The first-order valence-electron chi connectivity index (χ1n) is 3.18. The molecule has 7 heteroatoms. The van der Waals surface area contributed by atoms with Crippen molar-refractivity contribution in [2.24, 2.45) is 4.99 Å². The molecule has 0 saturated carbocycles. The molecule has 1 atom stereocenters. The van der Waals surface area contributed by atoms with Crippen LogP contribution in [0.2, 0.25) is 0 Å². The zero-order valence-corrected chi connectivity index (χ0v) is 7.11. The summed E-state index contributed by atoms with van der Waals surface area (Å²) in [5.41, 5.74) is 0. The number of aliphatic hydroxyl groups excluding tert-OH is 2. The predicted octanol–water partition coefficient (Wildman–Crippen LogP) is -1.70. The van der Waals surface area contributed by atoms with E-state index in [9.17, 15) is 8.42 Å². The molecular formula is C5H11NO5S. The van der Waals surface area contributed by atoms with Gasteiger partial charge in [0.05, 0.1) is 19.3 Å². The van der Waals surface area contributed by atoms with Crippen LogP contribution in [0.15, 0.2) is 4.99 Å². The van der Waals surface area contributed by atoms with Gasteiger partial charge in [0, 0.05) is 6.21 Å². The van der Waals surface area contributed by atoms with E-state index in [0.29, 0.717) is 0 Å². The monoisotopic (exact) mass is 197 g/mol. The molecule has 0 amide bonds. The Morgan fingerprint density at radius 2 is 2.08 bits per heavy atom. The summed E-state index contributed by atoms with van der Waals surface area (Å²) in [5.74, 6) is -0.578.